The van der Waals surface area contributed by atoms with Crippen LogP contribution in [0.3, 0.4) is 0 Å². The predicted octanol–water partition coefficient (Wildman–Crippen LogP) is 2.69. The fraction of sp³-hybridized carbons (Fsp3) is 0.562. The molecule has 1 aromatic carbocycles. The molecule has 0 aliphatic heterocycles. The zero-order valence-electron chi connectivity index (χ0n) is 12.1. The van der Waals surface area contributed by atoms with Crippen LogP contribution in [-0.4, -0.2) is 25.0 Å². The first-order valence-electron chi connectivity index (χ1n) is 7.31. The number of hydrogen-bond donors (Lipinski definition) is 2. The summed E-state index contributed by atoms with van der Waals surface area (Å²) in [6.45, 7) is 0. The van der Waals surface area contributed by atoms with Crippen LogP contribution in [0.25, 0.3) is 0 Å². The Bertz CT molecular complexity index is 391. The molecule has 1 aliphatic carbocycles. The van der Waals surface area contributed by atoms with Crippen LogP contribution in [0.15, 0.2) is 30.3 Å². The van der Waals surface area contributed by atoms with Crippen LogP contribution in [0.2, 0.25) is 0 Å². The lowest BCUT2D eigenvalue weighted by Crippen LogP contribution is -2.48. The van der Waals surface area contributed by atoms with Crippen molar-refractivity contribution in [1.29, 1.82) is 0 Å². The smallest absolute Gasteiger partial charge is 0.237 e. The van der Waals surface area contributed by atoms with Crippen molar-refractivity contribution in [3.05, 3.63) is 35.9 Å². The first-order chi connectivity index (χ1) is 9.29. The second-order valence-electron chi connectivity index (χ2n) is 5.37. The van der Waals surface area contributed by atoms with Crippen molar-refractivity contribution in [3.8, 4) is 0 Å². The number of halogens is 1. The Morgan fingerprint density at radius 1 is 1.20 bits per heavy atom. The van der Waals surface area contributed by atoms with E-state index >= 15 is 0 Å². The van der Waals surface area contributed by atoms with E-state index in [0.717, 1.165) is 19.3 Å². The lowest BCUT2D eigenvalue weighted by Gasteiger charge is -2.25. The fourth-order valence-electron chi connectivity index (χ4n) is 2.72. The molecule has 1 saturated carbocycles. The van der Waals surface area contributed by atoms with Crippen molar-refractivity contribution < 1.29 is 4.79 Å². The molecule has 0 heterocycles. The molecule has 0 spiro atoms. The Labute approximate surface area is 127 Å². The summed E-state index contributed by atoms with van der Waals surface area (Å²) >= 11 is 0. The highest BCUT2D eigenvalue weighted by atomic mass is 35.5. The van der Waals surface area contributed by atoms with Gasteiger partial charge in [-0.15, -0.1) is 12.4 Å². The summed E-state index contributed by atoms with van der Waals surface area (Å²) in [4.78, 5) is 12.3. The van der Waals surface area contributed by atoms with Gasteiger partial charge in [-0.05, 0) is 31.9 Å². The van der Waals surface area contributed by atoms with Gasteiger partial charge in [0.1, 0.15) is 0 Å². The number of amides is 1. The highest BCUT2D eigenvalue weighted by Crippen LogP contribution is 2.17. The van der Waals surface area contributed by atoms with Gasteiger partial charge >= 0.3 is 0 Å². The SMILES string of the molecule is CNC(Cc1ccccc1)C(=O)NC1CCCCC1.Cl. The number of carbonyl (C=O) groups excluding carboxylic acids is 1. The molecule has 1 aliphatic rings. The fourth-order valence-corrected chi connectivity index (χ4v) is 2.72. The summed E-state index contributed by atoms with van der Waals surface area (Å²) in [5, 5.41) is 6.32. The normalized spacial score (nSPS) is 17.1. The van der Waals surface area contributed by atoms with Gasteiger partial charge in [0.05, 0.1) is 6.04 Å². The zero-order chi connectivity index (χ0) is 13.5. The van der Waals surface area contributed by atoms with E-state index in [1.54, 1.807) is 0 Å². The van der Waals surface area contributed by atoms with Crippen molar-refractivity contribution >= 4 is 18.3 Å². The molecule has 20 heavy (non-hydrogen) atoms. The average Bonchev–Trinajstić information content (AvgIpc) is 2.47. The topological polar surface area (TPSA) is 41.1 Å². The summed E-state index contributed by atoms with van der Waals surface area (Å²) in [7, 11) is 1.86. The van der Waals surface area contributed by atoms with Gasteiger partial charge in [0.15, 0.2) is 0 Å². The van der Waals surface area contributed by atoms with Crippen LogP contribution >= 0.6 is 12.4 Å². The minimum absolute atomic E-state index is 0. The highest BCUT2D eigenvalue weighted by molar-refractivity contribution is 5.85. The van der Waals surface area contributed by atoms with E-state index in [-0.39, 0.29) is 24.4 Å². The van der Waals surface area contributed by atoms with Crippen LogP contribution in [0.4, 0.5) is 0 Å². The average molecular weight is 297 g/mol. The van der Waals surface area contributed by atoms with E-state index in [1.165, 1.54) is 24.8 Å². The third-order valence-corrected chi connectivity index (χ3v) is 3.90. The van der Waals surface area contributed by atoms with E-state index in [0.29, 0.717) is 6.04 Å². The maximum atomic E-state index is 12.3. The van der Waals surface area contributed by atoms with Crippen LogP contribution in [0, 0.1) is 0 Å². The first kappa shape index (κ1) is 17.0. The molecule has 1 atom stereocenters. The van der Waals surface area contributed by atoms with Crippen LogP contribution in [-0.2, 0) is 11.2 Å². The molecule has 0 bridgehead atoms. The third kappa shape index (κ3) is 5.14. The van der Waals surface area contributed by atoms with Crippen LogP contribution in [0.1, 0.15) is 37.7 Å². The van der Waals surface area contributed by atoms with Crippen molar-refractivity contribution in [2.75, 3.05) is 7.05 Å². The quantitative estimate of drug-likeness (QED) is 0.877. The molecule has 4 heteroatoms. The predicted molar refractivity (Wildman–Crippen MR) is 85.3 cm³/mol. The van der Waals surface area contributed by atoms with Crippen LogP contribution < -0.4 is 10.6 Å². The maximum Gasteiger partial charge on any atom is 0.237 e. The van der Waals surface area contributed by atoms with E-state index < -0.39 is 0 Å². The Morgan fingerprint density at radius 3 is 2.45 bits per heavy atom. The maximum absolute atomic E-state index is 12.3. The number of carbonyl (C=O) groups is 1. The first-order valence-corrected chi connectivity index (χ1v) is 7.31. The Kier molecular flexibility index (Phi) is 7.63. The lowest BCUT2D eigenvalue weighted by atomic mass is 9.95. The van der Waals surface area contributed by atoms with Crippen molar-refractivity contribution in [2.45, 2.75) is 50.6 Å². The van der Waals surface area contributed by atoms with Crippen molar-refractivity contribution in [1.82, 2.24) is 10.6 Å². The molecule has 112 valence electrons. The van der Waals surface area contributed by atoms with Gasteiger partial charge in [0.25, 0.3) is 0 Å². The monoisotopic (exact) mass is 296 g/mol. The van der Waals surface area contributed by atoms with Gasteiger partial charge in [-0.3, -0.25) is 4.79 Å². The molecule has 1 fully saturated rings. The van der Waals surface area contributed by atoms with Crippen LogP contribution in [0.5, 0.6) is 0 Å². The van der Waals surface area contributed by atoms with Gasteiger partial charge in [-0.25, -0.2) is 0 Å². The molecule has 1 unspecified atom stereocenters. The van der Waals surface area contributed by atoms with Gasteiger partial charge < -0.3 is 10.6 Å². The van der Waals surface area contributed by atoms with Gasteiger partial charge in [-0.2, -0.15) is 0 Å². The van der Waals surface area contributed by atoms with Gasteiger partial charge in [-0.1, -0.05) is 49.6 Å². The molecule has 2 rings (SSSR count). The second-order valence-corrected chi connectivity index (χ2v) is 5.37. The standard InChI is InChI=1S/C16H24N2O.ClH/c1-17-15(12-13-8-4-2-5-9-13)16(19)18-14-10-6-3-7-11-14;/h2,4-5,8-9,14-15,17H,3,6-7,10-12H2,1H3,(H,18,19);1H. The summed E-state index contributed by atoms with van der Waals surface area (Å²) in [6.07, 6.45) is 6.81. The Hall–Kier alpha value is -1.06. The largest absolute Gasteiger partial charge is 0.352 e. The van der Waals surface area contributed by atoms with E-state index in [1.807, 2.05) is 25.2 Å². The van der Waals surface area contributed by atoms with Crippen molar-refractivity contribution in [2.24, 2.45) is 0 Å². The molecule has 2 N–H and O–H groups in total. The van der Waals surface area contributed by atoms with Crippen molar-refractivity contribution in [3.63, 3.8) is 0 Å². The minimum Gasteiger partial charge on any atom is -0.352 e. The Balaban J connectivity index is 0.00000200. The molecule has 0 aromatic heterocycles. The molecule has 3 nitrogen and oxygen atoms in total. The zero-order valence-corrected chi connectivity index (χ0v) is 12.9. The van der Waals surface area contributed by atoms with E-state index in [4.69, 9.17) is 0 Å². The number of nitrogens with one attached hydrogen (secondary N) is 2. The third-order valence-electron chi connectivity index (χ3n) is 3.90. The minimum atomic E-state index is -0.135. The summed E-state index contributed by atoms with van der Waals surface area (Å²) in [5.74, 6) is 0.137. The summed E-state index contributed by atoms with van der Waals surface area (Å²) in [5.41, 5.74) is 1.20. The Morgan fingerprint density at radius 2 is 1.85 bits per heavy atom. The van der Waals surface area contributed by atoms with E-state index in [2.05, 4.69) is 22.8 Å². The summed E-state index contributed by atoms with van der Waals surface area (Å²) in [6, 6.07) is 10.4. The number of benzene rings is 1. The number of likely N-dealkylation sites (N-methyl/N-ethyl adjacent to an activating group) is 1. The molecule has 1 aromatic rings. The van der Waals surface area contributed by atoms with Gasteiger partial charge in [0.2, 0.25) is 5.91 Å². The number of rotatable bonds is 5. The molecule has 0 radical (unpaired) electrons. The molecular formula is C16H25ClN2O. The second kappa shape index (κ2) is 8.98. The number of hydrogen-bond acceptors (Lipinski definition) is 2. The summed E-state index contributed by atoms with van der Waals surface area (Å²) < 4.78 is 0. The lowest BCUT2D eigenvalue weighted by molar-refractivity contribution is -0.123. The van der Waals surface area contributed by atoms with E-state index in [9.17, 15) is 4.79 Å². The molecule has 0 saturated heterocycles. The molecule has 1 amide bonds. The molecular weight excluding hydrogens is 272 g/mol. The van der Waals surface area contributed by atoms with Gasteiger partial charge in [0, 0.05) is 6.04 Å². The highest BCUT2D eigenvalue weighted by Gasteiger charge is 2.21.